The number of allylic oxidation sites excluding steroid dienone is 1. The smallest absolute Gasteiger partial charge is 0.288 e. The van der Waals surface area contributed by atoms with E-state index < -0.39 is 5.91 Å². The summed E-state index contributed by atoms with van der Waals surface area (Å²) in [7, 11) is 3.57. The molecule has 0 unspecified atom stereocenters. The van der Waals surface area contributed by atoms with Gasteiger partial charge >= 0.3 is 0 Å². The molecule has 1 aliphatic rings. The predicted octanol–water partition coefficient (Wildman–Crippen LogP) is 1.50. The second-order valence-corrected chi connectivity index (χ2v) is 3.81. The Bertz CT molecular complexity index is 339. The van der Waals surface area contributed by atoms with E-state index >= 15 is 0 Å². The van der Waals surface area contributed by atoms with Crippen molar-refractivity contribution < 1.29 is 4.79 Å². The van der Waals surface area contributed by atoms with Crippen LogP contribution in [0.5, 0.6) is 0 Å². The molecule has 0 aliphatic heterocycles. The number of hydrogen-bond acceptors (Lipinski definition) is 2. The first-order valence-corrected chi connectivity index (χ1v) is 5.02. The Kier molecular flexibility index (Phi) is 4.04. The number of carbonyl (C=O) groups excluding carboxylic acids is 1. The molecule has 1 saturated carbocycles. The van der Waals surface area contributed by atoms with Crippen LogP contribution in [-0.2, 0) is 4.79 Å². The SMILES string of the molecule is CN(C)C=NC(=O)C(C#N)=C1CCCC1. The summed E-state index contributed by atoms with van der Waals surface area (Å²) >= 11 is 0. The molecule has 0 heterocycles. The van der Waals surface area contributed by atoms with Crippen molar-refractivity contribution in [1.29, 1.82) is 5.26 Å². The maximum Gasteiger partial charge on any atom is 0.288 e. The van der Waals surface area contributed by atoms with Gasteiger partial charge in [-0.15, -0.1) is 0 Å². The Morgan fingerprint density at radius 2 is 2.07 bits per heavy atom. The first-order valence-electron chi connectivity index (χ1n) is 5.02. The van der Waals surface area contributed by atoms with E-state index in [-0.39, 0.29) is 5.57 Å². The molecular weight excluding hydrogens is 190 g/mol. The maximum atomic E-state index is 11.6. The quantitative estimate of drug-likeness (QED) is 0.297. The Labute approximate surface area is 89.9 Å². The van der Waals surface area contributed by atoms with Crippen molar-refractivity contribution in [3.8, 4) is 6.07 Å². The van der Waals surface area contributed by atoms with Gasteiger partial charge in [-0.05, 0) is 31.3 Å². The van der Waals surface area contributed by atoms with Gasteiger partial charge < -0.3 is 4.90 Å². The molecule has 0 N–H and O–H groups in total. The van der Waals surface area contributed by atoms with Crippen molar-refractivity contribution in [1.82, 2.24) is 4.90 Å². The van der Waals surface area contributed by atoms with Crippen molar-refractivity contribution >= 4 is 12.2 Å². The third-order valence-corrected chi connectivity index (χ3v) is 2.29. The van der Waals surface area contributed by atoms with Gasteiger partial charge in [0.05, 0.1) is 6.34 Å². The summed E-state index contributed by atoms with van der Waals surface area (Å²) in [5, 5.41) is 8.91. The van der Waals surface area contributed by atoms with Crippen LogP contribution in [0, 0.1) is 11.3 Å². The number of aliphatic imine (C=N–C) groups is 1. The van der Waals surface area contributed by atoms with E-state index in [0.29, 0.717) is 0 Å². The largest absolute Gasteiger partial charge is 0.369 e. The zero-order valence-electron chi connectivity index (χ0n) is 9.16. The Morgan fingerprint density at radius 3 is 2.53 bits per heavy atom. The molecule has 1 amide bonds. The summed E-state index contributed by atoms with van der Waals surface area (Å²) < 4.78 is 0. The number of carbonyl (C=O) groups is 1. The number of amides is 1. The molecule has 0 atom stereocenters. The van der Waals surface area contributed by atoms with Crippen LogP contribution < -0.4 is 0 Å². The fraction of sp³-hybridized carbons (Fsp3) is 0.545. The van der Waals surface area contributed by atoms with Crippen LogP contribution in [0.25, 0.3) is 0 Å². The minimum atomic E-state index is -0.414. The topological polar surface area (TPSA) is 56.5 Å². The summed E-state index contributed by atoms with van der Waals surface area (Å²) in [4.78, 5) is 17.0. The molecular formula is C11H15N3O. The first-order chi connectivity index (χ1) is 7.15. The summed E-state index contributed by atoms with van der Waals surface area (Å²) in [6.07, 6.45) is 5.31. The van der Waals surface area contributed by atoms with E-state index in [1.54, 1.807) is 19.0 Å². The third-order valence-electron chi connectivity index (χ3n) is 2.29. The van der Waals surface area contributed by atoms with Gasteiger partial charge in [0, 0.05) is 14.1 Å². The van der Waals surface area contributed by atoms with Crippen LogP contribution in [0.1, 0.15) is 25.7 Å². The molecule has 4 nitrogen and oxygen atoms in total. The van der Waals surface area contributed by atoms with E-state index in [4.69, 9.17) is 5.26 Å². The maximum absolute atomic E-state index is 11.6. The van der Waals surface area contributed by atoms with Gasteiger partial charge in [-0.2, -0.15) is 10.3 Å². The molecule has 1 aliphatic carbocycles. The molecule has 0 aromatic rings. The van der Waals surface area contributed by atoms with Crippen LogP contribution in [-0.4, -0.2) is 31.2 Å². The highest BCUT2D eigenvalue weighted by Gasteiger charge is 2.17. The first kappa shape index (κ1) is 11.4. The lowest BCUT2D eigenvalue weighted by Crippen LogP contribution is -2.10. The lowest BCUT2D eigenvalue weighted by molar-refractivity contribution is -0.114. The molecule has 80 valence electrons. The number of nitriles is 1. The molecule has 4 heteroatoms. The average Bonchev–Trinajstić information content (AvgIpc) is 2.69. The Morgan fingerprint density at radius 1 is 1.47 bits per heavy atom. The van der Waals surface area contributed by atoms with Crippen LogP contribution in [0.2, 0.25) is 0 Å². The minimum Gasteiger partial charge on any atom is -0.369 e. The lowest BCUT2D eigenvalue weighted by Gasteiger charge is -2.02. The van der Waals surface area contributed by atoms with E-state index in [0.717, 1.165) is 31.3 Å². The lowest BCUT2D eigenvalue weighted by atomic mass is 10.1. The van der Waals surface area contributed by atoms with Gasteiger partial charge in [-0.25, -0.2) is 0 Å². The van der Waals surface area contributed by atoms with Gasteiger partial charge in [0.15, 0.2) is 0 Å². The number of rotatable bonds is 2. The zero-order chi connectivity index (χ0) is 11.3. The van der Waals surface area contributed by atoms with Gasteiger partial charge in [0.1, 0.15) is 11.6 Å². The highest BCUT2D eigenvalue weighted by molar-refractivity contribution is 6.01. The third kappa shape index (κ3) is 3.21. The molecule has 0 aromatic heterocycles. The monoisotopic (exact) mass is 205 g/mol. The molecule has 0 bridgehead atoms. The molecule has 0 aromatic carbocycles. The van der Waals surface area contributed by atoms with E-state index in [9.17, 15) is 4.79 Å². The molecule has 15 heavy (non-hydrogen) atoms. The predicted molar refractivity (Wildman–Crippen MR) is 58.3 cm³/mol. The standard InChI is InChI=1S/C11H15N3O/c1-14(2)8-13-11(15)10(7-12)9-5-3-4-6-9/h8H,3-6H2,1-2H3. The van der Waals surface area contributed by atoms with Crippen molar-refractivity contribution in [3.05, 3.63) is 11.1 Å². The van der Waals surface area contributed by atoms with E-state index in [1.807, 2.05) is 6.07 Å². The minimum absolute atomic E-state index is 0.241. The van der Waals surface area contributed by atoms with Crippen molar-refractivity contribution in [3.63, 3.8) is 0 Å². The Hall–Kier alpha value is -1.63. The average molecular weight is 205 g/mol. The van der Waals surface area contributed by atoms with Crippen LogP contribution in [0.15, 0.2) is 16.1 Å². The van der Waals surface area contributed by atoms with E-state index in [2.05, 4.69) is 4.99 Å². The van der Waals surface area contributed by atoms with Crippen LogP contribution >= 0.6 is 0 Å². The highest BCUT2D eigenvalue weighted by atomic mass is 16.1. The van der Waals surface area contributed by atoms with Gasteiger partial charge in [0.25, 0.3) is 5.91 Å². The van der Waals surface area contributed by atoms with Crippen molar-refractivity contribution in [2.75, 3.05) is 14.1 Å². The van der Waals surface area contributed by atoms with Crippen LogP contribution in [0.4, 0.5) is 0 Å². The molecule has 1 rings (SSSR count). The highest BCUT2D eigenvalue weighted by Crippen LogP contribution is 2.27. The van der Waals surface area contributed by atoms with Crippen molar-refractivity contribution in [2.24, 2.45) is 4.99 Å². The fourth-order valence-electron chi connectivity index (χ4n) is 1.56. The van der Waals surface area contributed by atoms with Crippen molar-refractivity contribution in [2.45, 2.75) is 25.7 Å². The number of nitrogens with zero attached hydrogens (tertiary/aromatic N) is 3. The fourth-order valence-corrected chi connectivity index (χ4v) is 1.56. The van der Waals surface area contributed by atoms with Gasteiger partial charge in [-0.3, -0.25) is 4.79 Å². The van der Waals surface area contributed by atoms with E-state index in [1.165, 1.54) is 6.34 Å². The van der Waals surface area contributed by atoms with Crippen LogP contribution in [0.3, 0.4) is 0 Å². The second-order valence-electron chi connectivity index (χ2n) is 3.81. The zero-order valence-corrected chi connectivity index (χ0v) is 9.16. The van der Waals surface area contributed by atoms with Gasteiger partial charge in [-0.1, -0.05) is 0 Å². The van der Waals surface area contributed by atoms with Gasteiger partial charge in [0.2, 0.25) is 0 Å². The Balaban J connectivity index is 2.80. The summed E-state index contributed by atoms with van der Waals surface area (Å²) in [6.45, 7) is 0. The summed E-state index contributed by atoms with van der Waals surface area (Å²) in [6, 6.07) is 1.97. The molecule has 0 spiro atoms. The summed E-state index contributed by atoms with van der Waals surface area (Å²) in [5.74, 6) is -0.414. The molecule has 0 radical (unpaired) electrons. The normalized spacial score (nSPS) is 15.4. The molecule has 0 saturated heterocycles. The number of hydrogen-bond donors (Lipinski definition) is 0. The molecule has 1 fully saturated rings. The second kappa shape index (κ2) is 5.30. The summed E-state index contributed by atoms with van der Waals surface area (Å²) in [5.41, 5.74) is 1.21.